The van der Waals surface area contributed by atoms with Gasteiger partial charge in [-0.3, -0.25) is 19.4 Å². The maximum Gasteiger partial charge on any atom is 2.00 e. The van der Waals surface area contributed by atoms with Crippen LogP contribution in [0.5, 0.6) is 0 Å². The smallest absolute Gasteiger partial charge is 0.512 e. The van der Waals surface area contributed by atoms with Crippen LogP contribution in [-0.4, -0.2) is 77.0 Å². The molecule has 3 unspecified atom stereocenters. The zero-order valence-corrected chi connectivity index (χ0v) is 60.9. The van der Waals surface area contributed by atoms with Crippen LogP contribution in [0.2, 0.25) is 0 Å². The largest absolute Gasteiger partial charge is 2.00 e. The molecule has 3 atom stereocenters. The number of carbonyl (C=O) groups is 2. The summed E-state index contributed by atoms with van der Waals surface area (Å²) >= 11 is 0. The van der Waals surface area contributed by atoms with Crippen molar-refractivity contribution < 1.29 is 66.7 Å². The van der Waals surface area contributed by atoms with Gasteiger partial charge in [-0.05, 0) is 132 Å². The first-order chi connectivity index (χ1) is 45.2. The molecule has 0 saturated carbocycles. The Morgan fingerprint density at radius 2 is 0.729 bits per heavy atom. The number of aliphatic hydroxyl groups is 2. The minimum Gasteiger partial charge on any atom is -0.512 e. The fourth-order valence-corrected chi connectivity index (χ4v) is 10.8. The van der Waals surface area contributed by atoms with Crippen molar-refractivity contribution in [2.75, 3.05) is 36.0 Å². The zero-order chi connectivity index (χ0) is 67.4. The van der Waals surface area contributed by atoms with Gasteiger partial charge in [0.25, 0.3) is 0 Å². The molecule has 0 spiro atoms. The molecule has 17 nitrogen and oxygen atoms in total. The topological polar surface area (TPSA) is 181 Å². The van der Waals surface area contributed by atoms with Crippen LogP contribution in [-0.2, 0) is 75.7 Å². The van der Waals surface area contributed by atoms with E-state index in [2.05, 4.69) is 145 Å². The number of hydrogen-bond acceptors (Lipinski definition) is 17. The Labute approximate surface area is 596 Å². The standard InChI is InChI=1S/C23H26N4O.2C22H22N4.2C5H8O2.2Pt/c1-4-28-23-26(19-11-7-5-8-12-19)21-22(25-18(16-24-21)15-17(2)3)27(23)20-13-9-6-10-14-20;2*1-16(2)14-18-15-23-21-22(24-18)26(20-12-8-5-9-13-20)17(3)25(21)19-10-6-4-7-11-19;2*1-4(6)3-5(2)7;;/h5-14,16-17,23H,4,15H2,1-3H3;4-10,12-13,15-17H,3,14H2,1-2H3;4-12,15-17H,3,14H2,1-2H3;2*3,6H,1-2H3;;/q;2*-2;;;2*+2. The quantitative estimate of drug-likeness (QED) is 0.0529. The van der Waals surface area contributed by atoms with E-state index in [0.29, 0.717) is 24.4 Å². The summed E-state index contributed by atoms with van der Waals surface area (Å²) in [5.74, 6) is 6.47. The Morgan fingerprint density at radius 3 is 1.03 bits per heavy atom. The molecule has 19 heteroatoms. The van der Waals surface area contributed by atoms with E-state index >= 15 is 0 Å². The first-order valence-electron chi connectivity index (χ1n) is 31.7. The van der Waals surface area contributed by atoms with Gasteiger partial charge in [0.15, 0.2) is 46.5 Å². The number of anilines is 12. The van der Waals surface area contributed by atoms with Gasteiger partial charge in [-0.25, -0.2) is 29.9 Å². The average molecular weight is 1650 g/mol. The average Bonchev–Trinajstić information content (AvgIpc) is 1.62. The van der Waals surface area contributed by atoms with Gasteiger partial charge in [-0.15, -0.1) is 12.1 Å². The summed E-state index contributed by atoms with van der Waals surface area (Å²) < 4.78 is 6.21. The van der Waals surface area contributed by atoms with E-state index in [1.807, 2.05) is 147 Å². The number of ketones is 2. The maximum absolute atomic E-state index is 10.0. The van der Waals surface area contributed by atoms with Gasteiger partial charge >= 0.3 is 42.1 Å². The van der Waals surface area contributed by atoms with Crippen molar-refractivity contribution in [2.24, 2.45) is 17.8 Å². The number of allylic oxidation sites excluding steroid dienone is 4. The maximum atomic E-state index is 10.0. The van der Waals surface area contributed by atoms with Crippen molar-refractivity contribution in [3.05, 3.63) is 255 Å². The van der Waals surface area contributed by atoms with Crippen molar-refractivity contribution in [3.8, 4) is 0 Å². The van der Waals surface area contributed by atoms with Gasteiger partial charge in [0.1, 0.15) is 0 Å². The zero-order valence-electron chi connectivity index (χ0n) is 56.4. The molecule has 0 bridgehead atoms. The Morgan fingerprint density at radius 1 is 0.448 bits per heavy atom. The number of benzene rings is 6. The number of ether oxygens (including phenoxy) is 1. The first-order valence-corrected chi connectivity index (χ1v) is 31.7. The van der Waals surface area contributed by atoms with Gasteiger partial charge in [0.05, 0.1) is 47.2 Å². The number of carbonyl (C=O) groups excluding carboxylic acids is 2. The van der Waals surface area contributed by atoms with Crippen LogP contribution in [0.25, 0.3) is 0 Å². The van der Waals surface area contributed by atoms with Crippen LogP contribution in [0.4, 0.5) is 69.0 Å². The predicted octanol–water partition coefficient (Wildman–Crippen LogP) is 17.2. The van der Waals surface area contributed by atoms with E-state index in [1.54, 1.807) is 0 Å². The molecule has 9 aromatic rings. The second-order valence-corrected chi connectivity index (χ2v) is 23.9. The Balaban J connectivity index is 0.000000205. The van der Waals surface area contributed by atoms with Gasteiger partial charge < -0.3 is 48.4 Å². The van der Waals surface area contributed by atoms with Crippen LogP contribution < -0.4 is 29.4 Å². The number of fused-ring (bicyclic) bond motifs is 3. The van der Waals surface area contributed by atoms with Crippen LogP contribution in [0.3, 0.4) is 0 Å². The molecule has 0 radical (unpaired) electrons. The molecule has 2 N–H and O–H groups in total. The summed E-state index contributed by atoms with van der Waals surface area (Å²) in [6.07, 6.45) is 10.0. The molecule has 504 valence electrons. The molecule has 6 heterocycles. The molecule has 0 amide bonds. The Bertz CT molecular complexity index is 3750. The molecule has 3 aliphatic heterocycles. The monoisotopic (exact) mass is 1650 g/mol. The molecule has 0 saturated heterocycles. The number of hydrogen-bond donors (Lipinski definition) is 2. The van der Waals surface area contributed by atoms with Crippen molar-refractivity contribution >= 4 is 80.6 Å². The summed E-state index contributed by atoms with van der Waals surface area (Å²) in [4.78, 5) is 62.0. The number of rotatable bonds is 16. The number of aromatic nitrogens is 6. The third-order valence-electron chi connectivity index (χ3n) is 14.4. The summed E-state index contributed by atoms with van der Waals surface area (Å²) in [6, 6.07) is 63.4. The Kier molecular flexibility index (Phi) is 29.2. The van der Waals surface area contributed by atoms with Gasteiger partial charge in [-0.1, -0.05) is 126 Å². The second-order valence-electron chi connectivity index (χ2n) is 23.9. The summed E-state index contributed by atoms with van der Waals surface area (Å²) in [5.41, 5.74) is 9.08. The van der Waals surface area contributed by atoms with E-state index in [9.17, 15) is 9.59 Å². The molecule has 96 heavy (non-hydrogen) atoms. The number of para-hydroxylation sites is 6. The third-order valence-corrected chi connectivity index (χ3v) is 14.4. The molecule has 0 fully saturated rings. The predicted molar refractivity (Wildman–Crippen MR) is 379 cm³/mol. The molecule has 0 aliphatic carbocycles. The molecular weight excluding hydrogens is 1560 g/mol. The van der Waals surface area contributed by atoms with Gasteiger partial charge in [-0.2, -0.15) is 48.5 Å². The SMILES string of the molecule is CC(=O)C=C(C)O.CC(=O)C=C(C)O.CCOC1N(c2ccccc2)c2ncc(CC(C)C)nc2N1c1ccccc1.[CH2-]C1N(c2[c-]cccc2)c2nc(CC(C)C)cnc2N1c1ccccc1.[CH2-]C1N(c2[c-]cccc2)c2ncc(CC(C)C)nc2N1c1ccccc1.[Pt+2].[Pt+2]. The van der Waals surface area contributed by atoms with E-state index < -0.39 is 0 Å². The fourth-order valence-electron chi connectivity index (χ4n) is 10.8. The van der Waals surface area contributed by atoms with E-state index in [4.69, 9.17) is 44.9 Å². The van der Waals surface area contributed by atoms with Crippen molar-refractivity contribution in [1.82, 2.24) is 29.9 Å². The van der Waals surface area contributed by atoms with Crippen LogP contribution >= 0.6 is 0 Å². The van der Waals surface area contributed by atoms with E-state index in [1.165, 1.54) is 39.8 Å². The Hall–Kier alpha value is -8.88. The number of aliphatic hydroxyl groups excluding tert-OH is 2. The minimum atomic E-state index is -0.334. The summed E-state index contributed by atoms with van der Waals surface area (Å²) in [7, 11) is 0. The first kappa shape index (κ1) is 76.1. The van der Waals surface area contributed by atoms with Crippen molar-refractivity contribution in [3.63, 3.8) is 0 Å². The van der Waals surface area contributed by atoms with Crippen LogP contribution in [0, 0.1) is 43.7 Å². The third kappa shape index (κ3) is 20.1. The second kappa shape index (κ2) is 36.9. The normalized spacial score (nSPS) is 15.1. The molecule has 6 aromatic carbocycles. The fraction of sp³-hybridized carbons (Fsp3) is 0.273. The van der Waals surface area contributed by atoms with E-state index in [0.717, 1.165) is 105 Å². The van der Waals surface area contributed by atoms with Gasteiger partial charge in [0, 0.05) is 41.5 Å². The van der Waals surface area contributed by atoms with Crippen LogP contribution in [0.15, 0.2) is 212 Å². The van der Waals surface area contributed by atoms with Crippen molar-refractivity contribution in [1.29, 1.82) is 0 Å². The van der Waals surface area contributed by atoms with Crippen molar-refractivity contribution in [2.45, 2.75) is 114 Å². The molecular formula is C77H86N12O5Pt2. The van der Waals surface area contributed by atoms with Gasteiger partial charge in [0.2, 0.25) is 6.35 Å². The number of nitrogens with zero attached hydrogens (tertiary/aromatic N) is 12. The van der Waals surface area contributed by atoms with E-state index in [-0.39, 0.29) is 83.9 Å². The summed E-state index contributed by atoms with van der Waals surface area (Å²) in [5, 5.41) is 16.7. The minimum absolute atomic E-state index is 0. The molecule has 12 rings (SSSR count). The van der Waals surface area contributed by atoms with Crippen LogP contribution in [0.1, 0.15) is 93.2 Å². The molecule has 3 aliphatic rings. The molecule has 3 aromatic heterocycles. The summed E-state index contributed by atoms with van der Waals surface area (Å²) in [6.45, 7) is 30.3.